The molecule has 1 aromatic carbocycles. The van der Waals surface area contributed by atoms with E-state index in [4.69, 9.17) is 4.74 Å². The molecule has 1 aliphatic rings. The number of carbonyl (C=O) groups excluding carboxylic acids is 1. The Bertz CT molecular complexity index is 584. The summed E-state index contributed by atoms with van der Waals surface area (Å²) in [5, 5.41) is 1.06. The van der Waals surface area contributed by atoms with E-state index >= 15 is 0 Å². The van der Waals surface area contributed by atoms with E-state index in [0.29, 0.717) is 0 Å². The van der Waals surface area contributed by atoms with Gasteiger partial charge in [0.1, 0.15) is 5.75 Å². The van der Waals surface area contributed by atoms with Crippen LogP contribution in [0.25, 0.3) is 0 Å². The molecule has 1 aromatic rings. The molecule has 0 aliphatic heterocycles. The first-order valence-electron chi connectivity index (χ1n) is 9.49. The highest BCUT2D eigenvalue weighted by atomic mass is 79.9. The number of unbranched alkanes of at least 4 members (excludes halogenated alkanes) is 2. The van der Waals surface area contributed by atoms with Crippen molar-refractivity contribution in [1.29, 1.82) is 0 Å². The Morgan fingerprint density at radius 2 is 1.74 bits per heavy atom. The normalized spacial score (nSPS) is 20.3. The zero-order chi connectivity index (χ0) is 19.9. The van der Waals surface area contributed by atoms with Crippen LogP contribution in [0.5, 0.6) is 5.75 Å². The van der Waals surface area contributed by atoms with Gasteiger partial charge in [0.05, 0.1) is 5.56 Å². The SMILES string of the molecule is CN(C(=O)Oc1ccc(C(F)(F)F)cc1)C1CCC(CCCCCBr)CC1. The predicted molar refractivity (Wildman–Crippen MR) is 103 cm³/mol. The lowest BCUT2D eigenvalue weighted by molar-refractivity contribution is -0.137. The molecule has 0 saturated heterocycles. The Morgan fingerprint density at radius 1 is 1.11 bits per heavy atom. The minimum atomic E-state index is -4.40. The van der Waals surface area contributed by atoms with Gasteiger partial charge in [-0.25, -0.2) is 4.79 Å². The molecule has 27 heavy (non-hydrogen) atoms. The average molecular weight is 450 g/mol. The van der Waals surface area contributed by atoms with Gasteiger partial charge in [-0.1, -0.05) is 35.2 Å². The number of halogens is 4. The summed E-state index contributed by atoms with van der Waals surface area (Å²) in [6, 6.07) is 4.33. The fraction of sp³-hybridized carbons (Fsp3) is 0.650. The molecule has 0 aromatic heterocycles. The van der Waals surface area contributed by atoms with Gasteiger partial charge < -0.3 is 9.64 Å². The van der Waals surface area contributed by atoms with Crippen molar-refractivity contribution in [2.24, 2.45) is 5.92 Å². The summed E-state index contributed by atoms with van der Waals surface area (Å²) < 4.78 is 43.0. The molecule has 7 heteroatoms. The molecule has 3 nitrogen and oxygen atoms in total. The predicted octanol–water partition coefficient (Wildman–Crippen LogP) is 6.65. The summed E-state index contributed by atoms with van der Waals surface area (Å²) >= 11 is 3.45. The lowest BCUT2D eigenvalue weighted by Gasteiger charge is -2.34. The molecule has 0 radical (unpaired) electrons. The van der Waals surface area contributed by atoms with E-state index in [1.54, 1.807) is 11.9 Å². The summed E-state index contributed by atoms with van der Waals surface area (Å²) in [5.74, 6) is 0.858. The van der Waals surface area contributed by atoms with Crippen LogP contribution in [0.1, 0.15) is 56.9 Å². The Kier molecular flexibility index (Phi) is 8.45. The number of nitrogens with zero attached hydrogens (tertiary/aromatic N) is 1. The highest BCUT2D eigenvalue weighted by Crippen LogP contribution is 2.32. The third-order valence-corrected chi connectivity index (χ3v) is 5.85. The first kappa shape index (κ1) is 22.1. The molecule has 1 saturated carbocycles. The summed E-state index contributed by atoms with van der Waals surface area (Å²) in [7, 11) is 1.70. The van der Waals surface area contributed by atoms with Gasteiger partial charge in [0, 0.05) is 18.4 Å². The second-order valence-electron chi connectivity index (χ2n) is 7.21. The van der Waals surface area contributed by atoms with Gasteiger partial charge in [-0.05, 0) is 62.3 Å². The van der Waals surface area contributed by atoms with E-state index in [0.717, 1.165) is 49.1 Å². The standard InChI is InChI=1S/C20H27BrF3NO2/c1-25(17-10-6-15(7-11-17)5-3-2-4-14-21)19(26)27-18-12-8-16(9-13-18)20(22,23)24/h8-9,12-13,15,17H,2-7,10-11,14H2,1H3. The molecule has 0 N–H and O–H groups in total. The van der Waals surface area contributed by atoms with Crippen LogP contribution in [0, 0.1) is 5.92 Å². The summed E-state index contributed by atoms with van der Waals surface area (Å²) in [6.45, 7) is 0. The molecule has 0 heterocycles. The van der Waals surface area contributed by atoms with Crippen LogP contribution in [0.2, 0.25) is 0 Å². The number of hydrogen-bond donors (Lipinski definition) is 0. The maximum Gasteiger partial charge on any atom is 0.416 e. The van der Waals surface area contributed by atoms with Crippen molar-refractivity contribution in [2.45, 2.75) is 63.6 Å². The molecule has 1 amide bonds. The summed E-state index contributed by atoms with van der Waals surface area (Å²) in [4.78, 5) is 13.9. The van der Waals surface area contributed by atoms with Gasteiger partial charge in [0.15, 0.2) is 0 Å². The smallest absolute Gasteiger partial charge is 0.410 e. The van der Waals surface area contributed by atoms with Crippen LogP contribution in [0.4, 0.5) is 18.0 Å². The number of alkyl halides is 4. The van der Waals surface area contributed by atoms with Crippen molar-refractivity contribution in [3.63, 3.8) is 0 Å². The lowest BCUT2D eigenvalue weighted by Crippen LogP contribution is -2.41. The van der Waals surface area contributed by atoms with E-state index in [9.17, 15) is 18.0 Å². The number of ether oxygens (including phenoxy) is 1. The monoisotopic (exact) mass is 449 g/mol. The zero-order valence-corrected chi connectivity index (χ0v) is 17.2. The minimum Gasteiger partial charge on any atom is -0.410 e. The molecular weight excluding hydrogens is 423 g/mol. The van der Waals surface area contributed by atoms with Gasteiger partial charge >= 0.3 is 12.3 Å². The number of hydrogen-bond acceptors (Lipinski definition) is 2. The van der Waals surface area contributed by atoms with Gasteiger partial charge in [-0.3, -0.25) is 0 Å². The van der Waals surface area contributed by atoms with E-state index in [-0.39, 0.29) is 11.8 Å². The molecule has 152 valence electrons. The lowest BCUT2D eigenvalue weighted by atomic mass is 9.82. The Labute approximate surface area is 167 Å². The summed E-state index contributed by atoms with van der Waals surface area (Å²) in [6.07, 6.45) is 4.17. The number of benzene rings is 1. The number of amides is 1. The minimum absolute atomic E-state index is 0.125. The quantitative estimate of drug-likeness (QED) is 0.344. The largest absolute Gasteiger partial charge is 0.416 e. The zero-order valence-electron chi connectivity index (χ0n) is 15.6. The molecule has 1 fully saturated rings. The van der Waals surface area contributed by atoms with Gasteiger partial charge in [-0.15, -0.1) is 0 Å². The van der Waals surface area contributed by atoms with Crippen molar-refractivity contribution >= 4 is 22.0 Å². The van der Waals surface area contributed by atoms with Crippen LogP contribution in [0.15, 0.2) is 24.3 Å². The fourth-order valence-corrected chi connectivity index (χ4v) is 3.96. The van der Waals surface area contributed by atoms with Crippen LogP contribution in [-0.4, -0.2) is 29.4 Å². The first-order valence-corrected chi connectivity index (χ1v) is 10.6. The molecule has 1 aliphatic carbocycles. The van der Waals surface area contributed by atoms with Crippen LogP contribution < -0.4 is 4.74 Å². The number of rotatable bonds is 7. The Morgan fingerprint density at radius 3 is 2.30 bits per heavy atom. The second kappa shape index (κ2) is 10.3. The van der Waals surface area contributed by atoms with Crippen molar-refractivity contribution in [2.75, 3.05) is 12.4 Å². The van der Waals surface area contributed by atoms with E-state index in [1.807, 2.05) is 0 Å². The highest BCUT2D eigenvalue weighted by Gasteiger charge is 2.30. The summed E-state index contributed by atoms with van der Waals surface area (Å²) in [5.41, 5.74) is -0.759. The van der Waals surface area contributed by atoms with E-state index in [2.05, 4.69) is 15.9 Å². The Balaban J connectivity index is 1.77. The fourth-order valence-electron chi connectivity index (χ4n) is 3.56. The van der Waals surface area contributed by atoms with E-state index in [1.165, 1.54) is 37.8 Å². The molecule has 0 bridgehead atoms. The second-order valence-corrected chi connectivity index (χ2v) is 8.01. The van der Waals surface area contributed by atoms with Crippen molar-refractivity contribution < 1.29 is 22.7 Å². The van der Waals surface area contributed by atoms with Crippen molar-refractivity contribution in [1.82, 2.24) is 4.90 Å². The molecule has 0 unspecified atom stereocenters. The van der Waals surface area contributed by atoms with Crippen molar-refractivity contribution in [3.8, 4) is 5.75 Å². The van der Waals surface area contributed by atoms with E-state index < -0.39 is 17.8 Å². The highest BCUT2D eigenvalue weighted by molar-refractivity contribution is 9.09. The Hall–Kier alpha value is -1.24. The van der Waals surface area contributed by atoms with Crippen LogP contribution in [-0.2, 0) is 6.18 Å². The van der Waals surface area contributed by atoms with Gasteiger partial charge in [0.25, 0.3) is 0 Å². The average Bonchev–Trinajstić information content (AvgIpc) is 2.65. The first-order chi connectivity index (χ1) is 12.8. The van der Waals surface area contributed by atoms with Gasteiger partial charge in [0.2, 0.25) is 0 Å². The third-order valence-electron chi connectivity index (χ3n) is 5.28. The topological polar surface area (TPSA) is 29.5 Å². The maximum absolute atomic E-state index is 12.6. The molecular formula is C20H27BrF3NO2. The maximum atomic E-state index is 12.6. The molecule has 0 spiro atoms. The van der Waals surface area contributed by atoms with Crippen LogP contribution in [0.3, 0.4) is 0 Å². The third kappa shape index (κ3) is 7.01. The molecule has 2 rings (SSSR count). The number of carbonyl (C=O) groups is 1. The van der Waals surface area contributed by atoms with Crippen molar-refractivity contribution in [3.05, 3.63) is 29.8 Å². The van der Waals surface area contributed by atoms with Crippen LogP contribution >= 0.6 is 15.9 Å². The molecule has 0 atom stereocenters. The van der Waals surface area contributed by atoms with Gasteiger partial charge in [-0.2, -0.15) is 13.2 Å².